The SMILES string of the molecule is CC(F)(F)C(F)(F)C(F)(F)C(F)(F)C(F)(F)C(F)(F)C(C)(F)F. The van der Waals surface area contributed by atoms with Crippen molar-refractivity contribution in [2.45, 2.75) is 55.3 Å². The number of alkyl halides is 14. The molecule has 0 aromatic rings. The van der Waals surface area contributed by atoms with E-state index in [0.717, 1.165) is 0 Å². The van der Waals surface area contributed by atoms with Crippen molar-refractivity contribution in [3.8, 4) is 0 Å². The predicted molar refractivity (Wildman–Crippen MR) is 46.0 cm³/mol. The third-order valence-electron chi connectivity index (χ3n) is 2.68. The van der Waals surface area contributed by atoms with Crippen LogP contribution in [-0.4, -0.2) is 41.5 Å². The van der Waals surface area contributed by atoms with Gasteiger partial charge in [-0.15, -0.1) is 0 Å². The first-order chi connectivity index (χ1) is 9.50. The largest absolute Gasteiger partial charge is 0.384 e. The zero-order valence-corrected chi connectivity index (χ0v) is 10.8. The molecule has 0 aromatic heterocycles. The van der Waals surface area contributed by atoms with Crippen LogP contribution in [0.1, 0.15) is 13.8 Å². The molecule has 23 heavy (non-hydrogen) atoms. The summed E-state index contributed by atoms with van der Waals surface area (Å²) in [5, 5.41) is 0. The molecule has 0 N–H and O–H groups in total. The van der Waals surface area contributed by atoms with Crippen LogP contribution >= 0.6 is 0 Å². The molecule has 0 rings (SSSR count). The van der Waals surface area contributed by atoms with Crippen LogP contribution in [0.5, 0.6) is 0 Å². The molecule has 14 heteroatoms. The summed E-state index contributed by atoms with van der Waals surface area (Å²) in [4.78, 5) is 0. The van der Waals surface area contributed by atoms with Crippen molar-refractivity contribution in [3.63, 3.8) is 0 Å². The Morgan fingerprint density at radius 3 is 0.565 bits per heavy atom. The van der Waals surface area contributed by atoms with Gasteiger partial charge in [-0.25, -0.2) is 0 Å². The Bertz CT molecular complexity index is 396. The zero-order chi connectivity index (χ0) is 19.5. The molecule has 0 radical (unpaired) electrons. The number of hydrogen-bond donors (Lipinski definition) is 0. The maximum atomic E-state index is 12.9. The van der Waals surface area contributed by atoms with Crippen LogP contribution in [0, 0.1) is 0 Å². The van der Waals surface area contributed by atoms with Gasteiger partial charge in [0.15, 0.2) is 0 Å². The van der Waals surface area contributed by atoms with Gasteiger partial charge in [-0.1, -0.05) is 0 Å². The van der Waals surface area contributed by atoms with Crippen LogP contribution in [0.4, 0.5) is 61.5 Å². The highest BCUT2D eigenvalue weighted by Crippen LogP contribution is 2.61. The third-order valence-corrected chi connectivity index (χ3v) is 2.68. The van der Waals surface area contributed by atoms with Gasteiger partial charge >= 0.3 is 41.5 Å². The van der Waals surface area contributed by atoms with Gasteiger partial charge in [0.25, 0.3) is 0 Å². The highest BCUT2D eigenvalue weighted by Gasteiger charge is 2.91. The highest BCUT2D eigenvalue weighted by atomic mass is 19.4. The fraction of sp³-hybridized carbons (Fsp3) is 1.00. The maximum Gasteiger partial charge on any atom is 0.384 e. The summed E-state index contributed by atoms with van der Waals surface area (Å²) in [7, 11) is 0. The molecule has 0 aliphatic heterocycles. The molecule has 0 amide bonds. The zero-order valence-electron chi connectivity index (χ0n) is 10.8. The molecule has 0 aromatic carbocycles. The van der Waals surface area contributed by atoms with Crippen molar-refractivity contribution in [1.29, 1.82) is 0 Å². The molecule has 0 nitrogen and oxygen atoms in total. The first-order valence-electron chi connectivity index (χ1n) is 5.15. The predicted octanol–water partition coefficient (Wildman–Crippen LogP) is 5.47. The van der Waals surface area contributed by atoms with E-state index in [-0.39, 0.29) is 0 Å². The van der Waals surface area contributed by atoms with Gasteiger partial charge in [-0.3, -0.25) is 0 Å². The van der Waals surface area contributed by atoms with Crippen molar-refractivity contribution in [2.75, 3.05) is 0 Å². The first-order valence-corrected chi connectivity index (χ1v) is 5.15. The maximum absolute atomic E-state index is 12.9. The van der Waals surface area contributed by atoms with Crippen LogP contribution in [-0.2, 0) is 0 Å². The van der Waals surface area contributed by atoms with E-state index in [2.05, 4.69) is 0 Å². The van der Waals surface area contributed by atoms with Gasteiger partial charge in [-0.2, -0.15) is 61.5 Å². The minimum Gasteiger partial charge on any atom is -0.200 e. The molecule has 0 spiro atoms. The first kappa shape index (κ1) is 22.0. The molecule has 0 unspecified atom stereocenters. The van der Waals surface area contributed by atoms with Gasteiger partial charge in [0.2, 0.25) is 0 Å². The summed E-state index contributed by atoms with van der Waals surface area (Å²) in [5.74, 6) is -50.2. The molecule has 140 valence electrons. The van der Waals surface area contributed by atoms with Crippen molar-refractivity contribution in [2.24, 2.45) is 0 Å². The summed E-state index contributed by atoms with van der Waals surface area (Å²) < 4.78 is 177. The Kier molecular flexibility index (Phi) is 4.79. The van der Waals surface area contributed by atoms with Crippen molar-refractivity contribution in [1.82, 2.24) is 0 Å². The molecule has 0 aliphatic carbocycles. The Labute approximate surface area is 118 Å². The summed E-state index contributed by atoms with van der Waals surface area (Å²) in [5.41, 5.74) is 0. The van der Waals surface area contributed by atoms with Crippen molar-refractivity contribution in [3.05, 3.63) is 0 Å². The third kappa shape index (κ3) is 2.71. The standard InChI is InChI=1S/C9H6F14/c1-3(10,11)5(14,15)7(18,19)9(22,23)8(20,21)6(16,17)4(2,12)13/h1-2H3. The van der Waals surface area contributed by atoms with Crippen LogP contribution < -0.4 is 0 Å². The summed E-state index contributed by atoms with van der Waals surface area (Å²) in [6, 6.07) is 0. The van der Waals surface area contributed by atoms with E-state index in [1.54, 1.807) is 0 Å². The quantitative estimate of drug-likeness (QED) is 0.536. The van der Waals surface area contributed by atoms with E-state index in [0.29, 0.717) is 0 Å². The second kappa shape index (κ2) is 5.01. The lowest BCUT2D eigenvalue weighted by molar-refractivity contribution is -0.438. The smallest absolute Gasteiger partial charge is 0.200 e. The number of rotatable bonds is 6. The van der Waals surface area contributed by atoms with Gasteiger partial charge in [-0.05, 0) is 0 Å². The van der Waals surface area contributed by atoms with E-state index in [9.17, 15) is 61.5 Å². The molecule has 0 saturated carbocycles. The van der Waals surface area contributed by atoms with E-state index in [1.807, 2.05) is 0 Å². The van der Waals surface area contributed by atoms with E-state index in [1.165, 1.54) is 0 Å². The monoisotopic (exact) mass is 380 g/mol. The van der Waals surface area contributed by atoms with Crippen LogP contribution in [0.25, 0.3) is 0 Å². The van der Waals surface area contributed by atoms with E-state index in [4.69, 9.17) is 0 Å². The Balaban J connectivity index is 6.37. The van der Waals surface area contributed by atoms with E-state index >= 15 is 0 Å². The highest BCUT2D eigenvalue weighted by molar-refractivity contribution is 5.12. The van der Waals surface area contributed by atoms with Gasteiger partial charge in [0.1, 0.15) is 0 Å². The average molecular weight is 380 g/mol. The van der Waals surface area contributed by atoms with Gasteiger partial charge in [0, 0.05) is 13.8 Å². The summed E-state index contributed by atoms with van der Waals surface area (Å²) in [6.07, 6.45) is 0. The van der Waals surface area contributed by atoms with Crippen LogP contribution in [0.15, 0.2) is 0 Å². The second-order valence-electron chi connectivity index (χ2n) is 4.65. The van der Waals surface area contributed by atoms with E-state index < -0.39 is 55.3 Å². The fourth-order valence-corrected chi connectivity index (χ4v) is 1.14. The number of halogens is 14. The lowest BCUT2D eigenvalue weighted by atomic mass is 9.90. The molecular formula is C9H6F14. The van der Waals surface area contributed by atoms with Gasteiger partial charge in [0.05, 0.1) is 0 Å². The minimum absolute atomic E-state index is 1.08. The van der Waals surface area contributed by atoms with Gasteiger partial charge < -0.3 is 0 Å². The molecule has 0 saturated heterocycles. The Hall–Kier alpha value is -0.980. The molecule has 0 bridgehead atoms. The summed E-state index contributed by atoms with van der Waals surface area (Å²) >= 11 is 0. The Morgan fingerprint density at radius 1 is 0.304 bits per heavy atom. The second-order valence-corrected chi connectivity index (χ2v) is 4.65. The van der Waals surface area contributed by atoms with Crippen molar-refractivity contribution < 1.29 is 61.5 Å². The van der Waals surface area contributed by atoms with Crippen LogP contribution in [0.2, 0.25) is 0 Å². The molecule has 0 atom stereocenters. The lowest BCUT2D eigenvalue weighted by Gasteiger charge is -2.41. The lowest BCUT2D eigenvalue weighted by Crippen LogP contribution is -2.72. The van der Waals surface area contributed by atoms with Crippen LogP contribution in [0.3, 0.4) is 0 Å². The van der Waals surface area contributed by atoms with Crippen molar-refractivity contribution >= 4 is 0 Å². The molecule has 0 aliphatic rings. The summed E-state index contributed by atoms with van der Waals surface area (Å²) in [6.45, 7) is -2.16. The topological polar surface area (TPSA) is 0 Å². The Morgan fingerprint density at radius 2 is 0.435 bits per heavy atom. The molecule has 0 fully saturated rings. The normalized spacial score (nSPS) is 16.7. The minimum atomic E-state index is -7.95. The average Bonchev–Trinajstić information content (AvgIpc) is 2.24. The molecule has 0 heterocycles. The number of hydrogen-bond acceptors (Lipinski definition) is 0. The fourth-order valence-electron chi connectivity index (χ4n) is 1.14. The molecular weight excluding hydrogens is 374 g/mol.